The van der Waals surface area contributed by atoms with E-state index in [0.29, 0.717) is 17.6 Å². The van der Waals surface area contributed by atoms with Gasteiger partial charge in [0.05, 0.1) is 16.6 Å². The van der Waals surface area contributed by atoms with E-state index in [1.165, 1.54) is 5.56 Å². The average Bonchev–Trinajstić information content (AvgIpc) is 3.17. The number of hydrogen-bond acceptors (Lipinski definition) is 3. The van der Waals surface area contributed by atoms with Crippen LogP contribution in [0.3, 0.4) is 0 Å². The summed E-state index contributed by atoms with van der Waals surface area (Å²) in [5.41, 5.74) is 7.34. The minimum Gasteiger partial charge on any atom is -0.341 e. The summed E-state index contributed by atoms with van der Waals surface area (Å²) in [7, 11) is 0. The maximum atomic E-state index is 10.0. The molecule has 0 unspecified atom stereocenters. The highest BCUT2D eigenvalue weighted by molar-refractivity contribution is 9.10. The fraction of sp³-hybridized carbons (Fsp3) is 0.0769. The van der Waals surface area contributed by atoms with Gasteiger partial charge in [0.15, 0.2) is 5.65 Å². The van der Waals surface area contributed by atoms with E-state index in [1.54, 1.807) is 0 Å². The van der Waals surface area contributed by atoms with Crippen molar-refractivity contribution in [3.05, 3.63) is 106 Å². The predicted molar refractivity (Wildman–Crippen MR) is 129 cm³/mol. The van der Waals surface area contributed by atoms with Crippen LogP contribution in [0.2, 0.25) is 0 Å². The Morgan fingerprint density at radius 3 is 2.42 bits per heavy atom. The van der Waals surface area contributed by atoms with E-state index in [-0.39, 0.29) is 0 Å². The summed E-state index contributed by atoms with van der Waals surface area (Å²) >= 11 is 3.51. The Kier molecular flexibility index (Phi) is 4.93. The Morgan fingerprint density at radius 2 is 1.68 bits per heavy atom. The molecule has 5 rings (SSSR count). The van der Waals surface area contributed by atoms with E-state index < -0.39 is 0 Å². The number of anilines is 2. The molecule has 5 heteroatoms. The number of para-hydroxylation sites is 2. The zero-order chi connectivity index (χ0) is 21.4. The molecule has 0 bridgehead atoms. The van der Waals surface area contributed by atoms with Gasteiger partial charge in [-0.15, -0.1) is 0 Å². The lowest BCUT2D eigenvalue weighted by atomic mass is 9.97. The van der Waals surface area contributed by atoms with Crippen molar-refractivity contribution in [2.24, 2.45) is 0 Å². The van der Waals surface area contributed by atoms with Crippen LogP contribution < -0.4 is 5.32 Å². The lowest BCUT2D eigenvalue weighted by Crippen LogP contribution is -2.09. The lowest BCUT2D eigenvalue weighted by molar-refractivity contribution is 1.08. The summed E-state index contributed by atoms with van der Waals surface area (Å²) in [6, 6.07) is 28.9. The van der Waals surface area contributed by atoms with E-state index in [4.69, 9.17) is 4.98 Å². The van der Waals surface area contributed by atoms with Crippen molar-refractivity contribution in [2.45, 2.75) is 13.3 Å². The van der Waals surface area contributed by atoms with Gasteiger partial charge in [-0.1, -0.05) is 58.4 Å². The second kappa shape index (κ2) is 7.90. The number of imidazole rings is 1. The van der Waals surface area contributed by atoms with Gasteiger partial charge < -0.3 is 5.32 Å². The second-order valence-electron chi connectivity index (χ2n) is 7.49. The highest BCUT2D eigenvalue weighted by atomic mass is 79.9. The van der Waals surface area contributed by atoms with Crippen molar-refractivity contribution < 1.29 is 0 Å². The number of nitriles is 1. The van der Waals surface area contributed by atoms with E-state index in [0.717, 1.165) is 38.1 Å². The molecule has 1 N–H and O–H groups in total. The third-order valence-electron chi connectivity index (χ3n) is 5.56. The summed E-state index contributed by atoms with van der Waals surface area (Å²) in [5, 5.41) is 13.6. The molecule has 2 aromatic heterocycles. The number of halogens is 1. The van der Waals surface area contributed by atoms with Gasteiger partial charge in [-0.25, -0.2) is 4.98 Å². The van der Waals surface area contributed by atoms with Crippen molar-refractivity contribution >= 4 is 44.1 Å². The standard InChI is InChI=1S/C26H19BrN4/c1-17-21(15-18-7-3-2-4-8-18)25(29-20-13-11-19(27)12-14-20)31-24-10-6-5-9-23(24)30-26(31)22(17)16-28/h2-14,29H,15H2,1H3. The quantitative estimate of drug-likeness (QED) is 0.318. The lowest BCUT2D eigenvalue weighted by Gasteiger charge is -2.19. The van der Waals surface area contributed by atoms with Crippen LogP contribution in [0, 0.1) is 18.3 Å². The number of nitrogens with zero attached hydrogens (tertiary/aromatic N) is 3. The van der Waals surface area contributed by atoms with Crippen LogP contribution in [-0.2, 0) is 6.42 Å². The number of pyridine rings is 1. The average molecular weight is 467 g/mol. The van der Waals surface area contributed by atoms with Gasteiger partial charge in [0.2, 0.25) is 0 Å². The molecule has 0 aliphatic rings. The highest BCUT2D eigenvalue weighted by Gasteiger charge is 2.21. The fourth-order valence-corrected chi connectivity index (χ4v) is 4.27. The molecule has 0 fully saturated rings. The molecule has 0 spiro atoms. The Morgan fingerprint density at radius 1 is 0.968 bits per heavy atom. The number of rotatable bonds is 4. The van der Waals surface area contributed by atoms with Gasteiger partial charge in [0.1, 0.15) is 11.9 Å². The first kappa shape index (κ1) is 19.3. The maximum Gasteiger partial charge on any atom is 0.157 e. The molecule has 0 saturated carbocycles. The van der Waals surface area contributed by atoms with Gasteiger partial charge in [0.25, 0.3) is 0 Å². The SMILES string of the molecule is Cc1c(Cc2ccccc2)c(Nc2ccc(Br)cc2)n2c(nc3ccccc32)c1C#N. The van der Waals surface area contributed by atoms with Crippen LogP contribution in [0.1, 0.15) is 22.3 Å². The van der Waals surface area contributed by atoms with Crippen LogP contribution in [-0.4, -0.2) is 9.38 Å². The van der Waals surface area contributed by atoms with Crippen molar-refractivity contribution in [1.29, 1.82) is 5.26 Å². The van der Waals surface area contributed by atoms with Gasteiger partial charge in [-0.05, 0) is 54.4 Å². The van der Waals surface area contributed by atoms with Crippen LogP contribution in [0.15, 0.2) is 83.3 Å². The summed E-state index contributed by atoms with van der Waals surface area (Å²) in [6.45, 7) is 2.02. The summed E-state index contributed by atoms with van der Waals surface area (Å²) in [6.07, 6.45) is 0.711. The van der Waals surface area contributed by atoms with Crippen LogP contribution >= 0.6 is 15.9 Å². The maximum absolute atomic E-state index is 10.0. The zero-order valence-electron chi connectivity index (χ0n) is 16.9. The first-order valence-corrected chi connectivity index (χ1v) is 10.8. The molecule has 0 amide bonds. The third kappa shape index (κ3) is 3.45. The van der Waals surface area contributed by atoms with E-state index >= 15 is 0 Å². The number of nitrogens with one attached hydrogen (secondary N) is 1. The topological polar surface area (TPSA) is 53.1 Å². The molecule has 0 aliphatic carbocycles. The molecule has 0 radical (unpaired) electrons. The Labute approximate surface area is 188 Å². The summed E-state index contributed by atoms with van der Waals surface area (Å²) in [4.78, 5) is 4.80. The minimum atomic E-state index is 0.614. The normalized spacial score (nSPS) is 11.0. The van der Waals surface area contributed by atoms with Crippen LogP contribution in [0.5, 0.6) is 0 Å². The number of aromatic nitrogens is 2. The van der Waals surface area contributed by atoms with Gasteiger partial charge in [-0.3, -0.25) is 4.40 Å². The molecule has 4 nitrogen and oxygen atoms in total. The molecule has 150 valence electrons. The van der Waals surface area contributed by atoms with Gasteiger partial charge >= 0.3 is 0 Å². The molecular weight excluding hydrogens is 448 g/mol. The van der Waals surface area contributed by atoms with E-state index in [2.05, 4.69) is 43.8 Å². The number of benzene rings is 3. The smallest absolute Gasteiger partial charge is 0.157 e. The minimum absolute atomic E-state index is 0.614. The number of fused-ring (bicyclic) bond motifs is 3. The number of hydrogen-bond donors (Lipinski definition) is 1. The highest BCUT2D eigenvalue weighted by Crippen LogP contribution is 2.34. The third-order valence-corrected chi connectivity index (χ3v) is 6.09. The first-order valence-electron chi connectivity index (χ1n) is 10.0. The summed E-state index contributed by atoms with van der Waals surface area (Å²) in [5.74, 6) is 0.936. The molecule has 5 aromatic rings. The van der Waals surface area contributed by atoms with Crippen LogP contribution in [0.4, 0.5) is 11.5 Å². The monoisotopic (exact) mass is 466 g/mol. The molecule has 3 aromatic carbocycles. The molecule has 0 aliphatic heterocycles. The van der Waals surface area contributed by atoms with Crippen molar-refractivity contribution in [3.63, 3.8) is 0 Å². The van der Waals surface area contributed by atoms with Gasteiger partial charge in [0, 0.05) is 22.1 Å². The summed E-state index contributed by atoms with van der Waals surface area (Å²) < 4.78 is 3.11. The Balaban J connectivity index is 1.83. The van der Waals surface area contributed by atoms with Crippen molar-refractivity contribution in [2.75, 3.05) is 5.32 Å². The van der Waals surface area contributed by atoms with E-state index in [9.17, 15) is 5.26 Å². The largest absolute Gasteiger partial charge is 0.341 e. The molecule has 2 heterocycles. The first-order chi connectivity index (χ1) is 15.2. The van der Waals surface area contributed by atoms with Crippen molar-refractivity contribution in [3.8, 4) is 6.07 Å². The zero-order valence-corrected chi connectivity index (χ0v) is 18.5. The fourth-order valence-electron chi connectivity index (χ4n) is 4.00. The predicted octanol–water partition coefficient (Wildman–Crippen LogP) is 6.76. The molecule has 0 atom stereocenters. The Bertz CT molecular complexity index is 1450. The van der Waals surface area contributed by atoms with Gasteiger partial charge in [-0.2, -0.15) is 5.26 Å². The Hall–Kier alpha value is -3.62. The molecule has 0 saturated heterocycles. The molecule has 31 heavy (non-hydrogen) atoms. The van der Waals surface area contributed by atoms with Crippen molar-refractivity contribution in [1.82, 2.24) is 9.38 Å². The van der Waals surface area contributed by atoms with Crippen LogP contribution in [0.25, 0.3) is 16.7 Å². The van der Waals surface area contributed by atoms with E-state index in [1.807, 2.05) is 73.7 Å². The molecular formula is C26H19BrN4. The second-order valence-corrected chi connectivity index (χ2v) is 8.41.